The zero-order valence-corrected chi connectivity index (χ0v) is 16.9. The first kappa shape index (κ1) is 18.1. The van der Waals surface area contributed by atoms with E-state index in [1.165, 1.54) is 0 Å². The van der Waals surface area contributed by atoms with E-state index in [0.29, 0.717) is 6.61 Å². The standard InChI is InChI=1S/C24H21N5O/c1-28-14-19(13-25-28)21-15-29(2)27-24(21)16-30-20-10-7-18(8-11-20)23-12-9-17-5-3-4-6-22(17)26-23/h3-15H,16H2,1-2H3. The lowest BCUT2D eigenvalue weighted by Gasteiger charge is -2.07. The molecule has 30 heavy (non-hydrogen) atoms. The van der Waals surface area contributed by atoms with Crippen LogP contribution in [0.4, 0.5) is 0 Å². The average Bonchev–Trinajstić information content (AvgIpc) is 3.37. The highest BCUT2D eigenvalue weighted by Crippen LogP contribution is 2.26. The molecular formula is C24H21N5O. The maximum atomic E-state index is 6.01. The van der Waals surface area contributed by atoms with E-state index in [1.807, 2.05) is 81.2 Å². The summed E-state index contributed by atoms with van der Waals surface area (Å²) in [5, 5.41) is 9.94. The van der Waals surface area contributed by atoms with Crippen LogP contribution in [0, 0.1) is 0 Å². The predicted octanol–water partition coefficient (Wildman–Crippen LogP) is 4.61. The molecule has 0 N–H and O–H groups in total. The lowest BCUT2D eigenvalue weighted by Crippen LogP contribution is -1.99. The quantitative estimate of drug-likeness (QED) is 0.436. The summed E-state index contributed by atoms with van der Waals surface area (Å²) in [6.07, 6.45) is 5.81. The number of fused-ring (bicyclic) bond motifs is 1. The summed E-state index contributed by atoms with van der Waals surface area (Å²) in [7, 11) is 3.82. The molecule has 3 heterocycles. The minimum Gasteiger partial charge on any atom is -0.487 e. The number of hydrogen-bond acceptors (Lipinski definition) is 4. The minimum absolute atomic E-state index is 0.388. The molecule has 0 atom stereocenters. The molecule has 0 spiro atoms. The lowest BCUT2D eigenvalue weighted by atomic mass is 10.1. The highest BCUT2D eigenvalue weighted by Gasteiger charge is 2.12. The van der Waals surface area contributed by atoms with Crippen LogP contribution in [0.2, 0.25) is 0 Å². The monoisotopic (exact) mass is 395 g/mol. The number of aryl methyl sites for hydroxylation is 2. The third kappa shape index (κ3) is 3.55. The van der Waals surface area contributed by atoms with Crippen LogP contribution in [0.15, 0.2) is 79.3 Å². The molecular weight excluding hydrogens is 374 g/mol. The zero-order valence-electron chi connectivity index (χ0n) is 16.9. The molecule has 5 aromatic rings. The Hall–Kier alpha value is -3.93. The van der Waals surface area contributed by atoms with Crippen molar-refractivity contribution in [1.29, 1.82) is 0 Å². The van der Waals surface area contributed by atoms with Crippen LogP contribution in [0.25, 0.3) is 33.3 Å². The summed E-state index contributed by atoms with van der Waals surface area (Å²) in [4.78, 5) is 4.76. The van der Waals surface area contributed by atoms with Crippen molar-refractivity contribution < 1.29 is 4.74 Å². The summed E-state index contributed by atoms with van der Waals surface area (Å²) in [6.45, 7) is 0.388. The van der Waals surface area contributed by atoms with Gasteiger partial charge < -0.3 is 4.74 Å². The normalized spacial score (nSPS) is 11.1. The average molecular weight is 395 g/mol. The molecule has 6 heteroatoms. The third-order valence-corrected chi connectivity index (χ3v) is 5.05. The summed E-state index contributed by atoms with van der Waals surface area (Å²) >= 11 is 0. The fourth-order valence-electron chi connectivity index (χ4n) is 3.54. The number of pyridine rings is 1. The number of aromatic nitrogens is 5. The van der Waals surface area contributed by atoms with Gasteiger partial charge in [0.1, 0.15) is 18.1 Å². The predicted molar refractivity (Wildman–Crippen MR) is 117 cm³/mol. The fourth-order valence-corrected chi connectivity index (χ4v) is 3.54. The van der Waals surface area contributed by atoms with E-state index in [2.05, 4.69) is 22.3 Å². The molecule has 6 nitrogen and oxygen atoms in total. The van der Waals surface area contributed by atoms with E-state index in [0.717, 1.165) is 44.7 Å². The van der Waals surface area contributed by atoms with Crippen LogP contribution in [-0.2, 0) is 20.7 Å². The first-order valence-corrected chi connectivity index (χ1v) is 9.76. The fraction of sp³-hybridized carbons (Fsp3) is 0.125. The molecule has 5 rings (SSSR count). The van der Waals surface area contributed by atoms with Crippen LogP contribution in [0.5, 0.6) is 5.75 Å². The van der Waals surface area contributed by atoms with Crippen molar-refractivity contribution in [3.05, 3.63) is 84.9 Å². The zero-order chi connectivity index (χ0) is 20.5. The van der Waals surface area contributed by atoms with Crippen LogP contribution >= 0.6 is 0 Å². The Morgan fingerprint density at radius 2 is 1.67 bits per heavy atom. The summed E-state index contributed by atoms with van der Waals surface area (Å²) in [5.74, 6) is 0.794. The van der Waals surface area contributed by atoms with Gasteiger partial charge in [-0.25, -0.2) is 4.98 Å². The van der Waals surface area contributed by atoms with Gasteiger partial charge in [0.15, 0.2) is 0 Å². The molecule has 0 fully saturated rings. The molecule has 0 radical (unpaired) electrons. The molecule has 3 aromatic heterocycles. The Balaban J connectivity index is 1.33. The van der Waals surface area contributed by atoms with Gasteiger partial charge in [-0.15, -0.1) is 0 Å². The Morgan fingerprint density at radius 3 is 2.47 bits per heavy atom. The third-order valence-electron chi connectivity index (χ3n) is 5.05. The van der Waals surface area contributed by atoms with Crippen molar-refractivity contribution in [2.24, 2.45) is 14.1 Å². The highest BCUT2D eigenvalue weighted by atomic mass is 16.5. The minimum atomic E-state index is 0.388. The molecule has 148 valence electrons. The second kappa shape index (κ2) is 7.48. The van der Waals surface area contributed by atoms with Crippen LogP contribution in [0.3, 0.4) is 0 Å². The van der Waals surface area contributed by atoms with E-state index in [9.17, 15) is 0 Å². The van der Waals surface area contributed by atoms with Gasteiger partial charge in [-0.3, -0.25) is 9.36 Å². The van der Waals surface area contributed by atoms with Crippen molar-refractivity contribution in [1.82, 2.24) is 24.5 Å². The highest BCUT2D eigenvalue weighted by molar-refractivity contribution is 5.81. The SMILES string of the molecule is Cn1cc(-c2cn(C)nc2COc2ccc(-c3ccc4ccccc4n3)cc2)cn1. The van der Waals surface area contributed by atoms with Crippen molar-refractivity contribution >= 4 is 10.9 Å². The molecule has 0 saturated heterocycles. The molecule has 0 aliphatic carbocycles. The van der Waals surface area contributed by atoms with Crippen molar-refractivity contribution in [2.45, 2.75) is 6.61 Å². The Kier molecular flexibility index (Phi) is 4.52. The number of hydrogen-bond donors (Lipinski definition) is 0. The summed E-state index contributed by atoms with van der Waals surface area (Å²) < 4.78 is 9.60. The smallest absolute Gasteiger partial charge is 0.133 e. The van der Waals surface area contributed by atoms with Gasteiger partial charge in [0.25, 0.3) is 0 Å². The number of rotatable bonds is 5. The van der Waals surface area contributed by atoms with Crippen LogP contribution in [0.1, 0.15) is 5.69 Å². The molecule has 0 amide bonds. The molecule has 0 saturated carbocycles. The molecule has 0 unspecified atom stereocenters. The van der Waals surface area contributed by atoms with Gasteiger partial charge in [0.2, 0.25) is 0 Å². The Bertz CT molecular complexity index is 1320. The largest absolute Gasteiger partial charge is 0.487 e. The maximum Gasteiger partial charge on any atom is 0.133 e. The first-order valence-electron chi connectivity index (χ1n) is 9.76. The number of para-hydroxylation sites is 1. The van der Waals surface area contributed by atoms with Crippen molar-refractivity contribution in [3.63, 3.8) is 0 Å². The van der Waals surface area contributed by atoms with Gasteiger partial charge >= 0.3 is 0 Å². The van der Waals surface area contributed by atoms with E-state index in [-0.39, 0.29) is 0 Å². The second-order valence-corrected chi connectivity index (χ2v) is 7.27. The number of benzene rings is 2. The van der Waals surface area contributed by atoms with Crippen LogP contribution in [-0.4, -0.2) is 24.5 Å². The van der Waals surface area contributed by atoms with E-state index < -0.39 is 0 Å². The lowest BCUT2D eigenvalue weighted by molar-refractivity contribution is 0.300. The Morgan fingerprint density at radius 1 is 0.833 bits per heavy atom. The van der Waals surface area contributed by atoms with E-state index in [1.54, 1.807) is 9.36 Å². The topological polar surface area (TPSA) is 57.8 Å². The van der Waals surface area contributed by atoms with E-state index in [4.69, 9.17) is 9.72 Å². The van der Waals surface area contributed by atoms with Crippen molar-refractivity contribution in [2.75, 3.05) is 0 Å². The maximum absolute atomic E-state index is 6.01. The van der Waals surface area contributed by atoms with Gasteiger partial charge in [0.05, 0.1) is 17.4 Å². The van der Waals surface area contributed by atoms with Gasteiger partial charge in [-0.1, -0.05) is 24.3 Å². The second-order valence-electron chi connectivity index (χ2n) is 7.27. The van der Waals surface area contributed by atoms with Gasteiger partial charge in [-0.2, -0.15) is 10.2 Å². The number of ether oxygens (including phenoxy) is 1. The summed E-state index contributed by atoms with van der Waals surface area (Å²) in [5.41, 5.74) is 5.94. The first-order chi connectivity index (χ1) is 14.7. The van der Waals surface area contributed by atoms with Gasteiger partial charge in [-0.05, 0) is 36.4 Å². The summed E-state index contributed by atoms with van der Waals surface area (Å²) in [6, 6.07) is 20.3. The van der Waals surface area contributed by atoms with E-state index >= 15 is 0 Å². The number of nitrogens with zero attached hydrogens (tertiary/aromatic N) is 5. The van der Waals surface area contributed by atoms with Gasteiger partial charge in [0, 0.05) is 48.6 Å². The molecule has 0 aliphatic rings. The molecule has 2 aromatic carbocycles. The van der Waals surface area contributed by atoms with Crippen LogP contribution < -0.4 is 4.74 Å². The molecule has 0 aliphatic heterocycles. The molecule has 0 bridgehead atoms. The Labute approximate surface area is 174 Å². The van der Waals surface area contributed by atoms with Crippen molar-refractivity contribution in [3.8, 4) is 28.1 Å².